The minimum atomic E-state index is -0.652. The van der Waals surface area contributed by atoms with Gasteiger partial charge in [0.05, 0.1) is 18.8 Å². The summed E-state index contributed by atoms with van der Waals surface area (Å²) in [5, 5.41) is 2.67. The number of halogens is 1. The predicted molar refractivity (Wildman–Crippen MR) is 68.3 cm³/mol. The molecule has 1 N–H and O–H groups in total. The number of hydrogen-bond acceptors (Lipinski definition) is 3. The Hall–Kier alpha value is -1.46. The molecular weight excluding hydrogens is 249 g/mol. The van der Waals surface area contributed by atoms with Gasteiger partial charge >= 0.3 is 0 Å². The predicted octanol–water partition coefficient (Wildman–Crippen LogP) is 2.10. The highest BCUT2D eigenvalue weighted by Crippen LogP contribution is 2.21. The summed E-state index contributed by atoms with van der Waals surface area (Å²) in [6.45, 7) is 3.56. The van der Waals surface area contributed by atoms with E-state index in [2.05, 4.69) is 5.32 Å². The lowest BCUT2D eigenvalue weighted by atomic mass is 10.1. The van der Waals surface area contributed by atoms with Crippen LogP contribution in [0, 0.1) is 5.82 Å². The van der Waals surface area contributed by atoms with E-state index in [1.807, 2.05) is 6.92 Å². The summed E-state index contributed by atoms with van der Waals surface area (Å²) >= 11 is 0. The number of ether oxygens (including phenoxy) is 2. The molecule has 0 radical (unpaired) electrons. The van der Waals surface area contributed by atoms with Gasteiger partial charge in [0.25, 0.3) is 5.91 Å². The first-order valence-electron chi connectivity index (χ1n) is 6.41. The molecule has 0 aliphatic carbocycles. The van der Waals surface area contributed by atoms with Gasteiger partial charge in [0, 0.05) is 13.0 Å². The summed E-state index contributed by atoms with van der Waals surface area (Å²) in [5.41, 5.74) is 0.0538. The lowest BCUT2D eigenvalue weighted by Gasteiger charge is -2.33. The maximum atomic E-state index is 13.4. The van der Waals surface area contributed by atoms with Crippen molar-refractivity contribution in [3.8, 4) is 0 Å². The first kappa shape index (κ1) is 14.0. The molecule has 5 heteroatoms. The summed E-state index contributed by atoms with van der Waals surface area (Å²) in [7, 11) is 0. The molecule has 19 heavy (non-hydrogen) atoms. The SMILES string of the molecule is CC1(CCNC(=O)c2ccccc2F)OCCCO1. The van der Waals surface area contributed by atoms with Gasteiger partial charge in [0.15, 0.2) is 5.79 Å². The third-order valence-corrected chi connectivity index (χ3v) is 3.09. The van der Waals surface area contributed by atoms with Gasteiger partial charge in [0.2, 0.25) is 0 Å². The van der Waals surface area contributed by atoms with Crippen molar-refractivity contribution in [1.29, 1.82) is 0 Å². The smallest absolute Gasteiger partial charge is 0.254 e. The minimum absolute atomic E-state index is 0.0538. The van der Waals surface area contributed by atoms with Gasteiger partial charge in [-0.2, -0.15) is 0 Å². The molecule has 1 aliphatic heterocycles. The molecule has 0 atom stereocenters. The average molecular weight is 267 g/mol. The summed E-state index contributed by atoms with van der Waals surface area (Å²) in [6.07, 6.45) is 1.42. The van der Waals surface area contributed by atoms with Crippen molar-refractivity contribution in [2.75, 3.05) is 19.8 Å². The lowest BCUT2D eigenvalue weighted by Crippen LogP contribution is -2.41. The largest absolute Gasteiger partial charge is 0.352 e. The maximum Gasteiger partial charge on any atom is 0.254 e. The van der Waals surface area contributed by atoms with E-state index < -0.39 is 17.5 Å². The number of rotatable bonds is 4. The topological polar surface area (TPSA) is 47.6 Å². The highest BCUT2D eigenvalue weighted by molar-refractivity contribution is 5.94. The number of benzene rings is 1. The van der Waals surface area contributed by atoms with E-state index in [-0.39, 0.29) is 5.56 Å². The Morgan fingerprint density at radius 3 is 2.74 bits per heavy atom. The molecule has 0 saturated carbocycles. The molecule has 0 bridgehead atoms. The zero-order valence-corrected chi connectivity index (χ0v) is 10.9. The van der Waals surface area contributed by atoms with Crippen LogP contribution in [0.15, 0.2) is 24.3 Å². The molecule has 0 aromatic heterocycles. The van der Waals surface area contributed by atoms with Crippen LogP contribution in [0.3, 0.4) is 0 Å². The summed E-state index contributed by atoms with van der Waals surface area (Å²) < 4.78 is 24.4. The molecule has 1 aromatic rings. The van der Waals surface area contributed by atoms with Gasteiger partial charge in [-0.05, 0) is 25.5 Å². The molecule has 0 unspecified atom stereocenters. The molecule has 2 rings (SSSR count). The Morgan fingerprint density at radius 1 is 1.37 bits per heavy atom. The van der Waals surface area contributed by atoms with Crippen LogP contribution in [0.25, 0.3) is 0 Å². The zero-order valence-electron chi connectivity index (χ0n) is 10.9. The van der Waals surface area contributed by atoms with E-state index in [4.69, 9.17) is 9.47 Å². The molecule has 1 heterocycles. The van der Waals surface area contributed by atoms with E-state index in [1.54, 1.807) is 12.1 Å². The fourth-order valence-electron chi connectivity index (χ4n) is 1.96. The highest BCUT2D eigenvalue weighted by Gasteiger charge is 2.28. The monoisotopic (exact) mass is 267 g/mol. The van der Waals surface area contributed by atoms with Crippen molar-refractivity contribution in [3.63, 3.8) is 0 Å². The fourth-order valence-corrected chi connectivity index (χ4v) is 1.96. The molecule has 1 saturated heterocycles. The maximum absolute atomic E-state index is 13.4. The van der Waals surface area contributed by atoms with Crippen LogP contribution < -0.4 is 5.32 Å². The van der Waals surface area contributed by atoms with E-state index in [0.29, 0.717) is 26.2 Å². The average Bonchev–Trinajstić information content (AvgIpc) is 2.39. The number of hydrogen-bond donors (Lipinski definition) is 1. The van der Waals surface area contributed by atoms with Gasteiger partial charge in [-0.1, -0.05) is 12.1 Å². The van der Waals surface area contributed by atoms with Gasteiger partial charge in [-0.15, -0.1) is 0 Å². The second-order valence-electron chi connectivity index (χ2n) is 4.67. The van der Waals surface area contributed by atoms with Gasteiger partial charge < -0.3 is 14.8 Å². The highest BCUT2D eigenvalue weighted by atomic mass is 19.1. The van der Waals surface area contributed by atoms with Crippen LogP contribution >= 0.6 is 0 Å². The first-order chi connectivity index (χ1) is 9.11. The Kier molecular flexibility index (Phi) is 4.50. The van der Waals surface area contributed by atoms with Gasteiger partial charge in [0.1, 0.15) is 5.82 Å². The molecule has 1 amide bonds. The van der Waals surface area contributed by atoms with Crippen LogP contribution in [0.4, 0.5) is 4.39 Å². The molecule has 104 valence electrons. The Bertz CT molecular complexity index is 444. The van der Waals surface area contributed by atoms with Crippen LogP contribution in [0.2, 0.25) is 0 Å². The van der Waals surface area contributed by atoms with Crippen LogP contribution in [0.5, 0.6) is 0 Å². The van der Waals surface area contributed by atoms with E-state index >= 15 is 0 Å². The summed E-state index contributed by atoms with van der Waals surface area (Å²) in [5.74, 6) is -1.59. The van der Waals surface area contributed by atoms with Crippen molar-refractivity contribution in [2.45, 2.75) is 25.6 Å². The molecule has 4 nitrogen and oxygen atoms in total. The minimum Gasteiger partial charge on any atom is -0.352 e. The Labute approximate surface area is 111 Å². The lowest BCUT2D eigenvalue weighted by molar-refractivity contribution is -0.257. The Morgan fingerprint density at radius 2 is 2.05 bits per heavy atom. The standard InChI is InChI=1S/C14H18FNO3/c1-14(18-9-4-10-19-14)7-8-16-13(17)11-5-2-3-6-12(11)15/h2-3,5-6H,4,7-10H2,1H3,(H,16,17). The molecule has 0 spiro atoms. The van der Waals surface area contributed by atoms with Crippen molar-refractivity contribution in [3.05, 3.63) is 35.6 Å². The van der Waals surface area contributed by atoms with Crippen LogP contribution in [-0.2, 0) is 9.47 Å². The first-order valence-corrected chi connectivity index (χ1v) is 6.41. The number of amides is 1. The summed E-state index contributed by atoms with van der Waals surface area (Å²) in [6, 6.07) is 5.91. The quantitative estimate of drug-likeness (QED) is 0.908. The van der Waals surface area contributed by atoms with Crippen LogP contribution in [-0.4, -0.2) is 31.5 Å². The number of carbonyl (C=O) groups is 1. The van der Waals surface area contributed by atoms with Crippen molar-refractivity contribution in [2.24, 2.45) is 0 Å². The molecule has 1 aromatic carbocycles. The van der Waals surface area contributed by atoms with E-state index in [1.165, 1.54) is 12.1 Å². The van der Waals surface area contributed by atoms with Gasteiger partial charge in [-0.25, -0.2) is 4.39 Å². The van der Waals surface area contributed by atoms with Crippen molar-refractivity contribution >= 4 is 5.91 Å². The second-order valence-corrected chi connectivity index (χ2v) is 4.67. The Balaban J connectivity index is 1.82. The van der Waals surface area contributed by atoms with E-state index in [9.17, 15) is 9.18 Å². The molecule has 1 aliphatic rings. The second kappa shape index (κ2) is 6.12. The molecule has 1 fully saturated rings. The number of carbonyl (C=O) groups excluding carboxylic acids is 1. The number of nitrogens with one attached hydrogen (secondary N) is 1. The third-order valence-electron chi connectivity index (χ3n) is 3.09. The van der Waals surface area contributed by atoms with Crippen molar-refractivity contribution < 1.29 is 18.7 Å². The zero-order chi connectivity index (χ0) is 13.7. The molecular formula is C14H18FNO3. The van der Waals surface area contributed by atoms with Gasteiger partial charge in [-0.3, -0.25) is 4.79 Å². The third kappa shape index (κ3) is 3.75. The fraction of sp³-hybridized carbons (Fsp3) is 0.500. The van der Waals surface area contributed by atoms with E-state index in [0.717, 1.165) is 6.42 Å². The summed E-state index contributed by atoms with van der Waals surface area (Å²) in [4.78, 5) is 11.8. The van der Waals surface area contributed by atoms with Crippen molar-refractivity contribution in [1.82, 2.24) is 5.32 Å². The van der Waals surface area contributed by atoms with Crippen LogP contribution in [0.1, 0.15) is 30.1 Å². The normalized spacial score (nSPS) is 18.0.